The highest BCUT2D eigenvalue weighted by molar-refractivity contribution is 6.05. The van der Waals surface area contributed by atoms with Gasteiger partial charge < -0.3 is 10.1 Å². The third-order valence-corrected chi connectivity index (χ3v) is 5.69. The fraction of sp³-hybridized carbons (Fsp3) is 0.0333. The van der Waals surface area contributed by atoms with Crippen molar-refractivity contribution in [2.45, 2.75) is 6.92 Å². The van der Waals surface area contributed by atoms with Crippen molar-refractivity contribution in [3.8, 4) is 22.6 Å². The highest BCUT2D eigenvalue weighted by atomic mass is 16.5. The lowest BCUT2D eigenvalue weighted by molar-refractivity contribution is 0.102. The molecule has 160 valence electrons. The number of hydrogen-bond donors (Lipinski definition) is 1. The van der Waals surface area contributed by atoms with E-state index in [1.807, 2.05) is 91.0 Å². The molecule has 0 aromatic heterocycles. The largest absolute Gasteiger partial charge is 0.455 e. The number of carbonyl (C=O) groups is 1. The Morgan fingerprint density at radius 1 is 0.697 bits per heavy atom. The van der Waals surface area contributed by atoms with E-state index in [0.29, 0.717) is 17.0 Å². The van der Waals surface area contributed by atoms with Gasteiger partial charge in [0.1, 0.15) is 5.75 Å². The van der Waals surface area contributed by atoms with Gasteiger partial charge in [0.05, 0.1) is 5.69 Å². The molecule has 0 fully saturated rings. The molecule has 0 radical (unpaired) electrons. The molecule has 1 amide bonds. The topological polar surface area (TPSA) is 38.3 Å². The van der Waals surface area contributed by atoms with E-state index in [4.69, 9.17) is 4.74 Å². The van der Waals surface area contributed by atoms with Crippen molar-refractivity contribution < 1.29 is 9.53 Å². The van der Waals surface area contributed by atoms with Gasteiger partial charge in [-0.2, -0.15) is 0 Å². The maximum Gasteiger partial charge on any atom is 0.255 e. The number of rotatable bonds is 5. The van der Waals surface area contributed by atoms with Gasteiger partial charge >= 0.3 is 0 Å². The van der Waals surface area contributed by atoms with E-state index < -0.39 is 0 Å². The highest BCUT2D eigenvalue weighted by Gasteiger charge is 2.11. The van der Waals surface area contributed by atoms with E-state index in [1.54, 1.807) is 0 Å². The lowest BCUT2D eigenvalue weighted by Gasteiger charge is -2.13. The van der Waals surface area contributed by atoms with Crippen LogP contribution in [-0.4, -0.2) is 5.91 Å². The Morgan fingerprint density at radius 2 is 1.39 bits per heavy atom. The Labute approximate surface area is 193 Å². The molecule has 3 nitrogen and oxygen atoms in total. The van der Waals surface area contributed by atoms with Crippen LogP contribution in [0.15, 0.2) is 115 Å². The minimum Gasteiger partial charge on any atom is -0.455 e. The molecule has 1 N–H and O–H groups in total. The molecule has 0 saturated carbocycles. The van der Waals surface area contributed by atoms with Crippen LogP contribution in [0.25, 0.3) is 21.9 Å². The molecule has 5 aromatic rings. The number of ether oxygens (including phenoxy) is 1. The molecule has 0 saturated heterocycles. The summed E-state index contributed by atoms with van der Waals surface area (Å²) in [5.41, 5.74) is 4.67. The molecule has 0 unspecified atom stereocenters. The van der Waals surface area contributed by atoms with Crippen LogP contribution in [0, 0.1) is 6.92 Å². The number of amides is 1. The number of anilines is 1. The maximum absolute atomic E-state index is 12.9. The molecule has 3 heteroatoms. The van der Waals surface area contributed by atoms with Gasteiger partial charge in [0.2, 0.25) is 0 Å². The first kappa shape index (κ1) is 20.5. The van der Waals surface area contributed by atoms with Crippen molar-refractivity contribution >= 4 is 22.4 Å². The number of para-hydroxylation sites is 2. The second kappa shape index (κ2) is 9.01. The van der Waals surface area contributed by atoms with Crippen molar-refractivity contribution in [2.24, 2.45) is 0 Å². The lowest BCUT2D eigenvalue weighted by atomic mass is 9.99. The minimum absolute atomic E-state index is 0.180. The number of benzene rings is 5. The molecule has 5 rings (SSSR count). The van der Waals surface area contributed by atoms with Gasteiger partial charge in [-0.1, -0.05) is 78.9 Å². The number of fused-ring (bicyclic) bond motifs is 1. The molecule has 0 aliphatic heterocycles. The van der Waals surface area contributed by atoms with Crippen LogP contribution in [0.1, 0.15) is 15.9 Å². The van der Waals surface area contributed by atoms with E-state index >= 15 is 0 Å². The van der Waals surface area contributed by atoms with Gasteiger partial charge in [0, 0.05) is 5.56 Å². The zero-order valence-electron chi connectivity index (χ0n) is 18.3. The number of aryl methyl sites for hydroxylation is 1. The summed E-state index contributed by atoms with van der Waals surface area (Å²) in [6.07, 6.45) is 0. The third-order valence-electron chi connectivity index (χ3n) is 5.69. The maximum atomic E-state index is 12.9. The third kappa shape index (κ3) is 4.48. The van der Waals surface area contributed by atoms with Crippen molar-refractivity contribution in [3.05, 3.63) is 126 Å². The second-order valence-corrected chi connectivity index (χ2v) is 7.95. The normalized spacial score (nSPS) is 10.7. The summed E-state index contributed by atoms with van der Waals surface area (Å²) in [5.74, 6) is 1.14. The molecular formula is C30H23NO2. The lowest BCUT2D eigenvalue weighted by Crippen LogP contribution is -2.12. The van der Waals surface area contributed by atoms with E-state index in [9.17, 15) is 4.79 Å². The Balaban J connectivity index is 1.35. The van der Waals surface area contributed by atoms with Crippen molar-refractivity contribution in [2.75, 3.05) is 5.32 Å². The fourth-order valence-corrected chi connectivity index (χ4v) is 3.91. The molecular weight excluding hydrogens is 406 g/mol. The summed E-state index contributed by atoms with van der Waals surface area (Å²) < 4.78 is 6.13. The Kier molecular flexibility index (Phi) is 5.61. The van der Waals surface area contributed by atoms with Gasteiger partial charge in [-0.3, -0.25) is 4.79 Å². The highest BCUT2D eigenvalue weighted by Crippen LogP contribution is 2.31. The summed E-state index contributed by atoms with van der Waals surface area (Å²) in [6, 6.07) is 37.5. The van der Waals surface area contributed by atoms with E-state index in [1.165, 1.54) is 11.1 Å². The molecule has 0 spiro atoms. The second-order valence-electron chi connectivity index (χ2n) is 7.95. The van der Waals surface area contributed by atoms with Crippen molar-refractivity contribution in [1.82, 2.24) is 0 Å². The van der Waals surface area contributed by atoms with E-state index in [-0.39, 0.29) is 5.91 Å². The van der Waals surface area contributed by atoms with Crippen LogP contribution in [0.3, 0.4) is 0 Å². The first-order valence-corrected chi connectivity index (χ1v) is 10.9. The molecule has 0 aliphatic carbocycles. The predicted molar refractivity (Wildman–Crippen MR) is 135 cm³/mol. The SMILES string of the molecule is Cc1ccccc1-c1ccc(C(=O)Nc2ccccc2Oc2ccc3ccccc3c2)cc1. The summed E-state index contributed by atoms with van der Waals surface area (Å²) in [6.45, 7) is 2.09. The van der Waals surface area contributed by atoms with Crippen LogP contribution in [-0.2, 0) is 0 Å². The molecule has 33 heavy (non-hydrogen) atoms. The average molecular weight is 430 g/mol. The van der Waals surface area contributed by atoms with Crippen LogP contribution in [0.2, 0.25) is 0 Å². The summed E-state index contributed by atoms with van der Waals surface area (Å²) in [4.78, 5) is 12.9. The fourth-order valence-electron chi connectivity index (χ4n) is 3.91. The molecule has 0 bridgehead atoms. The average Bonchev–Trinajstić information content (AvgIpc) is 2.85. The zero-order valence-corrected chi connectivity index (χ0v) is 18.3. The standard InChI is InChI=1S/C30H23NO2/c1-21-8-2-5-11-27(21)23-14-16-24(17-15-23)30(32)31-28-12-6-7-13-29(28)33-26-19-18-22-9-3-4-10-25(22)20-26/h2-20H,1H3,(H,31,32). The van der Waals surface area contributed by atoms with Crippen LogP contribution in [0.5, 0.6) is 11.5 Å². The van der Waals surface area contributed by atoms with Gasteiger partial charge in [0.15, 0.2) is 5.75 Å². The zero-order chi connectivity index (χ0) is 22.6. The summed E-state index contributed by atoms with van der Waals surface area (Å²) in [5, 5.41) is 5.25. The van der Waals surface area contributed by atoms with E-state index in [0.717, 1.165) is 22.1 Å². The van der Waals surface area contributed by atoms with Crippen molar-refractivity contribution in [1.29, 1.82) is 0 Å². The monoisotopic (exact) mass is 429 g/mol. The molecule has 0 heterocycles. The Hall–Kier alpha value is -4.37. The van der Waals surface area contributed by atoms with Gasteiger partial charge in [-0.05, 0) is 70.8 Å². The van der Waals surface area contributed by atoms with Crippen LogP contribution >= 0.6 is 0 Å². The molecule has 0 aliphatic rings. The predicted octanol–water partition coefficient (Wildman–Crippen LogP) is 7.86. The van der Waals surface area contributed by atoms with Gasteiger partial charge in [0.25, 0.3) is 5.91 Å². The number of carbonyl (C=O) groups excluding carboxylic acids is 1. The number of hydrogen-bond acceptors (Lipinski definition) is 2. The first-order chi connectivity index (χ1) is 16.2. The minimum atomic E-state index is -0.180. The van der Waals surface area contributed by atoms with E-state index in [2.05, 4.69) is 36.5 Å². The Bertz CT molecular complexity index is 1440. The van der Waals surface area contributed by atoms with Crippen LogP contribution < -0.4 is 10.1 Å². The molecule has 0 atom stereocenters. The van der Waals surface area contributed by atoms with Crippen molar-refractivity contribution in [3.63, 3.8) is 0 Å². The van der Waals surface area contributed by atoms with Gasteiger partial charge in [-0.15, -0.1) is 0 Å². The smallest absolute Gasteiger partial charge is 0.255 e. The molecule has 5 aromatic carbocycles. The number of nitrogens with one attached hydrogen (secondary N) is 1. The quantitative estimate of drug-likeness (QED) is 0.309. The summed E-state index contributed by atoms with van der Waals surface area (Å²) >= 11 is 0. The Morgan fingerprint density at radius 3 is 2.21 bits per heavy atom. The first-order valence-electron chi connectivity index (χ1n) is 10.9. The van der Waals surface area contributed by atoms with Gasteiger partial charge in [-0.25, -0.2) is 0 Å². The summed E-state index contributed by atoms with van der Waals surface area (Å²) in [7, 11) is 0. The van der Waals surface area contributed by atoms with Crippen LogP contribution in [0.4, 0.5) is 5.69 Å².